The molecule has 5 nitrogen and oxygen atoms in total. The quantitative estimate of drug-likeness (QED) is 0.395. The van der Waals surface area contributed by atoms with E-state index in [1.807, 2.05) is 29.8 Å². The summed E-state index contributed by atoms with van der Waals surface area (Å²) in [6.07, 6.45) is 0. The van der Waals surface area contributed by atoms with Crippen LogP contribution < -0.4 is 10.9 Å². The first-order valence-electron chi connectivity index (χ1n) is 8.69. The van der Waals surface area contributed by atoms with Gasteiger partial charge >= 0.3 is 0 Å². The second-order valence-corrected chi connectivity index (χ2v) is 9.55. The van der Waals surface area contributed by atoms with Crippen LogP contribution in [0.25, 0.3) is 20.7 Å². The molecule has 0 saturated heterocycles. The van der Waals surface area contributed by atoms with Crippen molar-refractivity contribution in [1.82, 2.24) is 9.97 Å². The maximum atomic E-state index is 12.6. The van der Waals surface area contributed by atoms with Crippen molar-refractivity contribution in [3.05, 3.63) is 67.9 Å². The molecule has 0 bridgehead atoms. The number of nitrogens with zero attached hydrogens (tertiary/aromatic N) is 1. The number of carbonyl (C=O) groups is 1. The first kappa shape index (κ1) is 20.2. The molecule has 0 aliphatic rings. The molecule has 0 aliphatic heterocycles. The van der Waals surface area contributed by atoms with E-state index >= 15 is 0 Å². The highest BCUT2D eigenvalue weighted by Gasteiger charge is 2.14. The molecule has 3 heterocycles. The molecule has 3 aromatic heterocycles. The predicted octanol–water partition coefficient (Wildman–Crippen LogP) is 5.55. The van der Waals surface area contributed by atoms with Crippen molar-refractivity contribution in [2.75, 3.05) is 11.1 Å². The molecule has 148 valence electrons. The number of thioether (sulfide) groups is 1. The van der Waals surface area contributed by atoms with Gasteiger partial charge in [0.25, 0.3) is 5.56 Å². The van der Waals surface area contributed by atoms with Crippen LogP contribution in [0.5, 0.6) is 0 Å². The molecule has 29 heavy (non-hydrogen) atoms. The molecule has 2 N–H and O–H groups in total. The zero-order valence-electron chi connectivity index (χ0n) is 15.3. The predicted molar refractivity (Wildman–Crippen MR) is 125 cm³/mol. The number of aryl methyl sites for hydroxylation is 1. The van der Waals surface area contributed by atoms with E-state index in [0.29, 0.717) is 26.8 Å². The Bertz CT molecular complexity index is 1230. The summed E-state index contributed by atoms with van der Waals surface area (Å²) in [5.41, 5.74) is 2.43. The van der Waals surface area contributed by atoms with E-state index in [9.17, 15) is 9.59 Å². The molecule has 1 amide bonds. The highest BCUT2D eigenvalue weighted by molar-refractivity contribution is 7.99. The molecule has 9 heteroatoms. The fraction of sp³-hybridized carbons (Fsp3) is 0.150. The summed E-state index contributed by atoms with van der Waals surface area (Å²) in [5, 5.41) is 8.10. The number of nitrogens with one attached hydrogen (secondary N) is 2. The maximum Gasteiger partial charge on any atom is 0.260 e. The molecule has 4 rings (SSSR count). The monoisotopic (exact) mass is 461 g/mol. The largest absolute Gasteiger partial charge is 0.325 e. The van der Waals surface area contributed by atoms with Gasteiger partial charge in [0.15, 0.2) is 0 Å². The highest BCUT2D eigenvalue weighted by atomic mass is 35.5. The number of halogens is 1. The Morgan fingerprint density at radius 1 is 1.31 bits per heavy atom. The van der Waals surface area contributed by atoms with Crippen molar-refractivity contribution in [3.8, 4) is 10.4 Å². The topological polar surface area (TPSA) is 74.8 Å². The minimum absolute atomic E-state index is 0.111. The average molecular weight is 462 g/mol. The first-order valence-corrected chi connectivity index (χ1v) is 12.0. The number of fused-ring (bicyclic) bond motifs is 1. The lowest BCUT2D eigenvalue weighted by Gasteiger charge is -2.08. The maximum absolute atomic E-state index is 12.6. The number of anilines is 1. The van der Waals surface area contributed by atoms with Crippen molar-refractivity contribution in [1.29, 1.82) is 0 Å². The van der Waals surface area contributed by atoms with Gasteiger partial charge in [-0.1, -0.05) is 17.7 Å². The van der Waals surface area contributed by atoms with E-state index in [2.05, 4.69) is 15.3 Å². The molecular weight excluding hydrogens is 446 g/mol. The lowest BCUT2D eigenvalue weighted by Crippen LogP contribution is -2.16. The number of hydrogen-bond acceptors (Lipinski definition) is 6. The SMILES string of the molecule is Cc1cc(Cl)ccc1NC(=O)CSCc1nc2scc(-c3cccs3)c2c(=O)[nH]1. The Hall–Kier alpha value is -2.13. The van der Waals surface area contributed by atoms with E-state index in [1.54, 1.807) is 29.5 Å². The molecule has 0 aliphatic carbocycles. The molecule has 0 spiro atoms. The number of hydrogen-bond donors (Lipinski definition) is 2. The summed E-state index contributed by atoms with van der Waals surface area (Å²) in [4.78, 5) is 34.0. The van der Waals surface area contributed by atoms with Gasteiger partial charge in [-0.05, 0) is 42.1 Å². The standard InChI is InChI=1S/C20H16ClN3O2S3/c1-11-7-12(21)4-5-14(11)22-17(25)10-27-9-16-23-19(26)18-13(8-29-20(18)24-16)15-3-2-6-28-15/h2-8H,9-10H2,1H3,(H,22,25)(H,23,24,26). The van der Waals surface area contributed by atoms with Gasteiger partial charge in [0.1, 0.15) is 10.7 Å². The van der Waals surface area contributed by atoms with Crippen molar-refractivity contribution >= 4 is 67.8 Å². The number of aromatic nitrogens is 2. The summed E-state index contributed by atoms with van der Waals surface area (Å²) in [5.74, 6) is 1.17. The Labute approximate surface area is 184 Å². The van der Waals surface area contributed by atoms with Crippen LogP contribution in [0, 0.1) is 6.92 Å². The number of carbonyl (C=O) groups excluding carboxylic acids is 1. The van der Waals surface area contributed by atoms with E-state index < -0.39 is 0 Å². The average Bonchev–Trinajstić information content (AvgIpc) is 3.33. The zero-order valence-corrected chi connectivity index (χ0v) is 18.5. The molecule has 0 fully saturated rings. The van der Waals surface area contributed by atoms with E-state index in [4.69, 9.17) is 11.6 Å². The first-order chi connectivity index (χ1) is 14.0. The summed E-state index contributed by atoms with van der Waals surface area (Å²) < 4.78 is 0. The van der Waals surface area contributed by atoms with Crippen molar-refractivity contribution < 1.29 is 4.79 Å². The van der Waals surface area contributed by atoms with Gasteiger partial charge in [-0.2, -0.15) is 0 Å². The second-order valence-electron chi connectivity index (χ2n) is 6.32. The van der Waals surface area contributed by atoms with Crippen LogP contribution in [0.15, 0.2) is 45.9 Å². The Morgan fingerprint density at radius 2 is 2.17 bits per heavy atom. The Balaban J connectivity index is 1.41. The number of amides is 1. The van der Waals surface area contributed by atoms with Crippen LogP contribution in [0.4, 0.5) is 5.69 Å². The molecule has 0 saturated carbocycles. The minimum atomic E-state index is -0.142. The van der Waals surface area contributed by atoms with Crippen LogP contribution >= 0.6 is 46.0 Å². The van der Waals surface area contributed by atoms with Gasteiger partial charge in [0, 0.05) is 26.5 Å². The van der Waals surface area contributed by atoms with Gasteiger partial charge in [-0.25, -0.2) is 4.98 Å². The normalized spacial score (nSPS) is 11.1. The minimum Gasteiger partial charge on any atom is -0.325 e. The molecule has 0 atom stereocenters. The molecule has 0 unspecified atom stereocenters. The molecular formula is C20H16ClN3O2S3. The van der Waals surface area contributed by atoms with Gasteiger partial charge in [-0.3, -0.25) is 9.59 Å². The third-order valence-electron chi connectivity index (χ3n) is 4.21. The Kier molecular flexibility index (Phi) is 6.05. The van der Waals surface area contributed by atoms with Gasteiger partial charge < -0.3 is 10.3 Å². The summed E-state index contributed by atoms with van der Waals surface area (Å²) >= 11 is 10.4. The summed E-state index contributed by atoms with van der Waals surface area (Å²) in [6.45, 7) is 1.89. The number of rotatable bonds is 6. The van der Waals surface area contributed by atoms with Crippen LogP contribution in [0.2, 0.25) is 5.02 Å². The van der Waals surface area contributed by atoms with Crippen LogP contribution in [0.3, 0.4) is 0 Å². The molecule has 4 aromatic rings. The van der Waals surface area contributed by atoms with E-state index in [0.717, 1.165) is 21.7 Å². The van der Waals surface area contributed by atoms with Gasteiger partial charge in [0.05, 0.1) is 16.9 Å². The lowest BCUT2D eigenvalue weighted by molar-refractivity contribution is -0.113. The van der Waals surface area contributed by atoms with Crippen LogP contribution in [-0.2, 0) is 10.5 Å². The number of thiophene rings is 2. The summed E-state index contributed by atoms with van der Waals surface area (Å²) in [6, 6.07) is 9.30. The summed E-state index contributed by atoms with van der Waals surface area (Å²) in [7, 11) is 0. The third-order valence-corrected chi connectivity index (χ3v) is 7.17. The number of benzene rings is 1. The van der Waals surface area contributed by atoms with Crippen LogP contribution in [-0.4, -0.2) is 21.6 Å². The van der Waals surface area contributed by atoms with Gasteiger partial charge in [-0.15, -0.1) is 34.4 Å². The molecule has 0 radical (unpaired) electrons. The van der Waals surface area contributed by atoms with Crippen LogP contribution in [0.1, 0.15) is 11.4 Å². The Morgan fingerprint density at radius 3 is 2.93 bits per heavy atom. The fourth-order valence-corrected chi connectivity index (χ4v) is 5.57. The smallest absolute Gasteiger partial charge is 0.260 e. The van der Waals surface area contributed by atoms with Crippen molar-refractivity contribution in [2.45, 2.75) is 12.7 Å². The highest BCUT2D eigenvalue weighted by Crippen LogP contribution is 2.33. The van der Waals surface area contributed by atoms with Crippen molar-refractivity contribution in [3.63, 3.8) is 0 Å². The number of aromatic amines is 1. The fourth-order valence-electron chi connectivity index (χ4n) is 2.87. The second kappa shape index (κ2) is 8.71. The zero-order chi connectivity index (χ0) is 20.4. The van der Waals surface area contributed by atoms with Crippen molar-refractivity contribution in [2.24, 2.45) is 0 Å². The van der Waals surface area contributed by atoms with Gasteiger partial charge in [0.2, 0.25) is 5.91 Å². The number of H-pyrrole nitrogens is 1. The molecule has 1 aromatic carbocycles. The lowest BCUT2D eigenvalue weighted by atomic mass is 10.2. The third kappa shape index (κ3) is 4.56. The van der Waals surface area contributed by atoms with E-state index in [-0.39, 0.29) is 17.2 Å². The van der Waals surface area contributed by atoms with E-state index in [1.165, 1.54) is 23.1 Å².